The van der Waals surface area contributed by atoms with Gasteiger partial charge in [0, 0.05) is 46.7 Å². The van der Waals surface area contributed by atoms with Crippen LogP contribution in [0.3, 0.4) is 0 Å². The van der Waals surface area contributed by atoms with Crippen molar-refractivity contribution in [3.8, 4) is 21.8 Å². The monoisotopic (exact) mass is 482 g/mol. The minimum absolute atomic E-state index is 0.158. The molecule has 3 heterocycles. The summed E-state index contributed by atoms with van der Waals surface area (Å²) in [6.45, 7) is 4.24. The number of amides is 3. The van der Waals surface area contributed by atoms with E-state index < -0.39 is 0 Å². The third-order valence-corrected chi connectivity index (χ3v) is 6.50. The second-order valence-electron chi connectivity index (χ2n) is 8.69. The number of nitrogens with one attached hydrogen (secondary N) is 1. The zero-order chi connectivity index (χ0) is 24.5. The van der Waals surface area contributed by atoms with E-state index in [0.717, 1.165) is 21.8 Å². The highest BCUT2D eigenvalue weighted by Crippen LogP contribution is 2.30. The first-order valence-electron chi connectivity index (χ1n) is 11.2. The van der Waals surface area contributed by atoms with Crippen molar-refractivity contribution in [1.29, 1.82) is 0 Å². The number of thiazole rings is 1. The van der Waals surface area contributed by atoms with Gasteiger partial charge in [0.2, 0.25) is 0 Å². The van der Waals surface area contributed by atoms with Gasteiger partial charge < -0.3 is 5.32 Å². The van der Waals surface area contributed by atoms with Gasteiger partial charge in [-0.3, -0.25) is 24.3 Å². The van der Waals surface area contributed by atoms with Crippen LogP contribution in [0.2, 0.25) is 0 Å². The molecule has 0 aliphatic carbocycles. The number of carbonyl (C=O) groups is 3. The van der Waals surface area contributed by atoms with E-state index in [1.54, 1.807) is 30.6 Å². The number of pyridine rings is 1. The second-order valence-corrected chi connectivity index (χ2v) is 9.55. The number of hydrogen-bond donors (Lipinski definition) is 1. The summed E-state index contributed by atoms with van der Waals surface area (Å²) in [7, 11) is 0. The van der Waals surface area contributed by atoms with Crippen LogP contribution in [0.1, 0.15) is 44.9 Å². The van der Waals surface area contributed by atoms with Crippen LogP contribution < -0.4 is 5.32 Å². The lowest BCUT2D eigenvalue weighted by Crippen LogP contribution is -2.33. The third kappa shape index (κ3) is 4.48. The normalized spacial score (nSPS) is 12.8. The van der Waals surface area contributed by atoms with Crippen molar-refractivity contribution in [1.82, 2.24) is 14.9 Å². The number of fused-ring (bicyclic) bond motifs is 1. The molecule has 0 fully saturated rings. The minimum Gasteiger partial charge on any atom is -0.322 e. The van der Waals surface area contributed by atoms with Gasteiger partial charge in [-0.2, -0.15) is 0 Å². The highest BCUT2D eigenvalue weighted by Gasteiger charge is 2.36. The maximum atomic E-state index is 13.0. The highest BCUT2D eigenvalue weighted by atomic mass is 32.1. The molecule has 4 aromatic rings. The highest BCUT2D eigenvalue weighted by molar-refractivity contribution is 7.13. The summed E-state index contributed by atoms with van der Waals surface area (Å²) in [5.74, 6) is -0.872. The average Bonchev–Trinajstić information content (AvgIpc) is 3.45. The van der Waals surface area contributed by atoms with Gasteiger partial charge in [-0.05, 0) is 48.4 Å². The molecule has 1 N–H and O–H groups in total. The molecule has 0 radical (unpaired) electrons. The van der Waals surface area contributed by atoms with E-state index in [-0.39, 0.29) is 29.2 Å². The van der Waals surface area contributed by atoms with Gasteiger partial charge in [0.15, 0.2) is 0 Å². The fourth-order valence-corrected chi connectivity index (χ4v) is 4.77. The first kappa shape index (κ1) is 22.6. The number of aromatic nitrogens is 2. The molecule has 0 spiro atoms. The van der Waals surface area contributed by atoms with Crippen molar-refractivity contribution in [2.24, 2.45) is 5.92 Å². The standard InChI is InChI=1S/C27H22N4O3S/c1-16(2)14-31-26(33)21-9-8-18(12-22(21)27(31)34)24(32)29-20-7-3-5-17(11-20)23-15-35-25(30-23)19-6-4-10-28-13-19/h3-13,15-16H,14H2,1-2H3,(H,29,32). The van der Waals surface area contributed by atoms with E-state index in [0.29, 0.717) is 23.4 Å². The number of hydrogen-bond acceptors (Lipinski definition) is 6. The van der Waals surface area contributed by atoms with Crippen LogP contribution in [0.4, 0.5) is 5.69 Å². The Morgan fingerprint density at radius 1 is 1.00 bits per heavy atom. The van der Waals surface area contributed by atoms with Crippen molar-refractivity contribution in [3.05, 3.63) is 89.1 Å². The van der Waals surface area contributed by atoms with Crippen molar-refractivity contribution in [2.75, 3.05) is 11.9 Å². The lowest BCUT2D eigenvalue weighted by atomic mass is 10.0. The van der Waals surface area contributed by atoms with Crippen LogP contribution in [-0.4, -0.2) is 39.1 Å². The molecule has 0 atom stereocenters. The molecule has 7 nitrogen and oxygen atoms in total. The van der Waals surface area contributed by atoms with E-state index in [4.69, 9.17) is 4.98 Å². The molecule has 0 bridgehead atoms. The molecule has 8 heteroatoms. The summed E-state index contributed by atoms with van der Waals surface area (Å²) < 4.78 is 0. The molecular weight excluding hydrogens is 460 g/mol. The summed E-state index contributed by atoms with van der Waals surface area (Å²) in [5.41, 5.74) is 4.14. The van der Waals surface area contributed by atoms with E-state index in [9.17, 15) is 14.4 Å². The third-order valence-electron chi connectivity index (χ3n) is 5.61. The molecule has 35 heavy (non-hydrogen) atoms. The molecule has 1 aliphatic heterocycles. The van der Waals surface area contributed by atoms with Crippen LogP contribution in [-0.2, 0) is 0 Å². The van der Waals surface area contributed by atoms with Gasteiger partial charge in [0.05, 0.1) is 16.8 Å². The number of imide groups is 1. The molecule has 5 rings (SSSR count). The Balaban J connectivity index is 1.35. The Morgan fingerprint density at radius 3 is 2.57 bits per heavy atom. The molecule has 2 aromatic carbocycles. The van der Waals surface area contributed by atoms with Crippen molar-refractivity contribution in [3.63, 3.8) is 0 Å². The Morgan fingerprint density at radius 2 is 1.80 bits per heavy atom. The summed E-state index contributed by atoms with van der Waals surface area (Å²) in [6.07, 6.45) is 3.50. The second kappa shape index (κ2) is 9.23. The molecule has 2 aromatic heterocycles. The fourth-order valence-electron chi connectivity index (χ4n) is 3.95. The van der Waals surface area contributed by atoms with Gasteiger partial charge in [0.25, 0.3) is 17.7 Å². The van der Waals surface area contributed by atoms with Gasteiger partial charge in [-0.15, -0.1) is 11.3 Å². The van der Waals surface area contributed by atoms with Crippen molar-refractivity contribution in [2.45, 2.75) is 13.8 Å². The van der Waals surface area contributed by atoms with Crippen LogP contribution in [0, 0.1) is 5.92 Å². The Kier molecular flexibility index (Phi) is 5.96. The lowest BCUT2D eigenvalue weighted by molar-refractivity contribution is 0.0636. The predicted molar refractivity (Wildman–Crippen MR) is 135 cm³/mol. The van der Waals surface area contributed by atoms with Crippen LogP contribution >= 0.6 is 11.3 Å². The fraction of sp³-hybridized carbons (Fsp3) is 0.148. The van der Waals surface area contributed by atoms with Crippen molar-refractivity contribution >= 4 is 34.7 Å². The topological polar surface area (TPSA) is 92.3 Å². The molecule has 1 aliphatic rings. The number of benzene rings is 2. The Hall–Kier alpha value is -4.17. The summed E-state index contributed by atoms with van der Waals surface area (Å²) in [5, 5.41) is 5.72. The summed E-state index contributed by atoms with van der Waals surface area (Å²) in [6, 6.07) is 15.9. The van der Waals surface area contributed by atoms with E-state index in [2.05, 4.69) is 10.3 Å². The summed E-state index contributed by atoms with van der Waals surface area (Å²) in [4.78, 5) is 48.4. The summed E-state index contributed by atoms with van der Waals surface area (Å²) >= 11 is 1.53. The number of rotatable bonds is 6. The average molecular weight is 483 g/mol. The van der Waals surface area contributed by atoms with Gasteiger partial charge >= 0.3 is 0 Å². The van der Waals surface area contributed by atoms with Gasteiger partial charge in [0.1, 0.15) is 5.01 Å². The zero-order valence-corrected chi connectivity index (χ0v) is 20.0. The van der Waals surface area contributed by atoms with E-state index >= 15 is 0 Å². The van der Waals surface area contributed by atoms with E-state index in [1.165, 1.54) is 22.3 Å². The smallest absolute Gasteiger partial charge is 0.261 e. The van der Waals surface area contributed by atoms with Crippen LogP contribution in [0.25, 0.3) is 21.8 Å². The zero-order valence-electron chi connectivity index (χ0n) is 19.2. The molecule has 0 unspecified atom stereocenters. The first-order valence-corrected chi connectivity index (χ1v) is 12.1. The molecule has 3 amide bonds. The van der Waals surface area contributed by atoms with Crippen LogP contribution in [0.5, 0.6) is 0 Å². The molecule has 0 saturated carbocycles. The number of anilines is 1. The van der Waals surface area contributed by atoms with Crippen LogP contribution in [0.15, 0.2) is 72.4 Å². The molecular formula is C27H22N4O3S. The largest absolute Gasteiger partial charge is 0.322 e. The maximum Gasteiger partial charge on any atom is 0.261 e. The van der Waals surface area contributed by atoms with Gasteiger partial charge in [-0.1, -0.05) is 26.0 Å². The molecule has 174 valence electrons. The Labute approximate surface area is 206 Å². The van der Waals surface area contributed by atoms with E-state index in [1.807, 2.05) is 49.6 Å². The predicted octanol–water partition coefficient (Wildman–Crippen LogP) is 5.38. The Bertz CT molecular complexity index is 1450. The van der Waals surface area contributed by atoms with Gasteiger partial charge in [-0.25, -0.2) is 4.98 Å². The lowest BCUT2D eigenvalue weighted by Gasteiger charge is -2.15. The number of carbonyl (C=O) groups excluding carboxylic acids is 3. The molecule has 0 saturated heterocycles. The minimum atomic E-state index is -0.359. The SMILES string of the molecule is CC(C)CN1C(=O)c2ccc(C(=O)Nc3cccc(-c4csc(-c5cccnc5)n4)c3)cc2C1=O. The number of nitrogens with zero attached hydrogens (tertiary/aromatic N) is 3. The maximum absolute atomic E-state index is 13.0. The van der Waals surface area contributed by atoms with Crippen molar-refractivity contribution < 1.29 is 14.4 Å². The first-order chi connectivity index (χ1) is 16.9. The quantitative estimate of drug-likeness (QED) is 0.373.